The van der Waals surface area contributed by atoms with Gasteiger partial charge in [0.15, 0.2) is 9.84 Å². The van der Waals surface area contributed by atoms with E-state index in [2.05, 4.69) is 5.32 Å². The second kappa shape index (κ2) is 4.49. The van der Waals surface area contributed by atoms with Crippen molar-refractivity contribution < 1.29 is 13.2 Å². The topological polar surface area (TPSA) is 92.5 Å². The summed E-state index contributed by atoms with van der Waals surface area (Å²) in [6.45, 7) is 1.52. The Hall–Kier alpha value is -1.76. The molecule has 1 aliphatic rings. The van der Waals surface area contributed by atoms with E-state index >= 15 is 0 Å². The van der Waals surface area contributed by atoms with Crippen molar-refractivity contribution >= 4 is 27.1 Å². The molecule has 0 atom stereocenters. The molecule has 0 bridgehead atoms. The van der Waals surface area contributed by atoms with Crippen LogP contribution in [0.5, 0.6) is 0 Å². The molecule has 6 nitrogen and oxygen atoms in total. The number of carbonyl (C=O) groups excluding carboxylic acids is 1. The lowest BCUT2D eigenvalue weighted by molar-refractivity contribution is -0.120. The van der Waals surface area contributed by atoms with Crippen molar-refractivity contribution in [3.05, 3.63) is 18.2 Å². The largest absolute Gasteiger partial charge is 0.398 e. The van der Waals surface area contributed by atoms with Gasteiger partial charge in [0.25, 0.3) is 0 Å². The molecule has 0 saturated carbocycles. The molecule has 0 radical (unpaired) electrons. The van der Waals surface area contributed by atoms with Crippen LogP contribution in [0.15, 0.2) is 23.1 Å². The lowest BCUT2D eigenvalue weighted by Crippen LogP contribution is -2.47. The van der Waals surface area contributed by atoms with Crippen LogP contribution in [0.25, 0.3) is 0 Å². The molecule has 0 unspecified atom stereocenters. The summed E-state index contributed by atoms with van der Waals surface area (Å²) in [4.78, 5) is 13.3. The van der Waals surface area contributed by atoms with Crippen molar-refractivity contribution in [3.8, 4) is 0 Å². The van der Waals surface area contributed by atoms with E-state index < -0.39 is 9.84 Å². The van der Waals surface area contributed by atoms with E-state index in [4.69, 9.17) is 5.73 Å². The lowest BCUT2D eigenvalue weighted by atomic mass is 10.2. The number of nitrogens with zero attached hydrogens (tertiary/aromatic N) is 1. The Bertz CT molecular complexity index is 583. The van der Waals surface area contributed by atoms with Crippen LogP contribution in [0.1, 0.15) is 0 Å². The first-order valence-electron chi connectivity index (χ1n) is 5.49. The Kier molecular flexibility index (Phi) is 3.16. The number of carbonyl (C=O) groups is 1. The zero-order valence-corrected chi connectivity index (χ0v) is 10.8. The third-order valence-corrected chi connectivity index (χ3v) is 3.97. The molecule has 3 N–H and O–H groups in total. The Labute approximate surface area is 106 Å². The van der Waals surface area contributed by atoms with E-state index in [9.17, 15) is 13.2 Å². The van der Waals surface area contributed by atoms with Crippen LogP contribution in [0.2, 0.25) is 0 Å². The average molecular weight is 269 g/mol. The molecule has 1 fully saturated rings. The van der Waals surface area contributed by atoms with E-state index in [0.717, 1.165) is 11.9 Å². The molecule has 1 saturated heterocycles. The van der Waals surface area contributed by atoms with E-state index in [1.165, 1.54) is 6.07 Å². The third kappa shape index (κ3) is 2.56. The van der Waals surface area contributed by atoms with Crippen molar-refractivity contribution in [3.63, 3.8) is 0 Å². The zero-order valence-electron chi connectivity index (χ0n) is 10.0. The number of piperazine rings is 1. The molecule has 0 spiro atoms. The van der Waals surface area contributed by atoms with Crippen molar-refractivity contribution in [2.24, 2.45) is 0 Å². The number of nitrogens with two attached hydrogens (primary N) is 1. The molecule has 1 heterocycles. The molecule has 1 aromatic carbocycles. The van der Waals surface area contributed by atoms with Crippen LogP contribution < -0.4 is 16.0 Å². The van der Waals surface area contributed by atoms with Gasteiger partial charge in [0.05, 0.1) is 17.1 Å². The van der Waals surface area contributed by atoms with Gasteiger partial charge in [-0.2, -0.15) is 0 Å². The van der Waals surface area contributed by atoms with Crippen LogP contribution in [0.4, 0.5) is 11.4 Å². The minimum absolute atomic E-state index is 0.0491. The summed E-state index contributed by atoms with van der Waals surface area (Å²) >= 11 is 0. The molecule has 7 heteroatoms. The Morgan fingerprint density at radius 1 is 1.39 bits per heavy atom. The predicted molar refractivity (Wildman–Crippen MR) is 69.2 cm³/mol. The van der Waals surface area contributed by atoms with Gasteiger partial charge in [-0.15, -0.1) is 0 Å². The molecule has 0 aromatic heterocycles. The van der Waals surface area contributed by atoms with E-state index in [1.54, 1.807) is 12.1 Å². The fraction of sp³-hybridized carbons (Fsp3) is 0.364. The second-order valence-corrected chi connectivity index (χ2v) is 6.25. The Morgan fingerprint density at radius 3 is 2.67 bits per heavy atom. The molecule has 0 aliphatic carbocycles. The van der Waals surface area contributed by atoms with Crippen LogP contribution in [0.3, 0.4) is 0 Å². The van der Waals surface area contributed by atoms with E-state index in [1.807, 2.05) is 4.90 Å². The van der Waals surface area contributed by atoms with Crippen molar-refractivity contribution in [2.75, 3.05) is 36.5 Å². The van der Waals surface area contributed by atoms with E-state index in [0.29, 0.717) is 13.1 Å². The van der Waals surface area contributed by atoms with Crippen molar-refractivity contribution in [1.82, 2.24) is 5.32 Å². The van der Waals surface area contributed by atoms with Gasteiger partial charge >= 0.3 is 0 Å². The van der Waals surface area contributed by atoms with Gasteiger partial charge in [0, 0.05) is 25.0 Å². The van der Waals surface area contributed by atoms with Gasteiger partial charge in [-0.25, -0.2) is 8.42 Å². The molecule has 1 aromatic rings. The first-order chi connectivity index (χ1) is 8.38. The molecular weight excluding hydrogens is 254 g/mol. The van der Waals surface area contributed by atoms with Crippen LogP contribution in [-0.4, -0.2) is 40.2 Å². The normalized spacial score (nSPS) is 16.5. The summed E-state index contributed by atoms with van der Waals surface area (Å²) in [5, 5.41) is 2.72. The Balaban J connectivity index is 2.31. The first kappa shape index (κ1) is 12.7. The molecule has 98 valence electrons. The number of rotatable bonds is 2. The maximum atomic E-state index is 11.4. The highest BCUT2D eigenvalue weighted by Crippen LogP contribution is 2.25. The summed E-state index contributed by atoms with van der Waals surface area (Å²) in [7, 11) is -3.31. The Morgan fingerprint density at radius 2 is 2.11 bits per heavy atom. The monoisotopic (exact) mass is 269 g/mol. The number of benzene rings is 1. The maximum Gasteiger partial charge on any atom is 0.239 e. The number of nitrogen functional groups attached to an aromatic ring is 1. The number of sulfone groups is 1. The number of hydrogen-bond acceptors (Lipinski definition) is 5. The van der Waals surface area contributed by atoms with Gasteiger partial charge in [-0.3, -0.25) is 4.79 Å². The quantitative estimate of drug-likeness (QED) is 0.713. The fourth-order valence-corrected chi connectivity index (χ4v) is 2.73. The number of hydrogen-bond donors (Lipinski definition) is 2. The molecular formula is C11H15N3O3S. The molecule has 2 rings (SSSR count). The summed E-state index contributed by atoms with van der Waals surface area (Å²) in [6.07, 6.45) is 1.12. The van der Waals surface area contributed by atoms with Gasteiger partial charge in [-0.05, 0) is 18.2 Å². The minimum Gasteiger partial charge on any atom is -0.398 e. The second-order valence-electron chi connectivity index (χ2n) is 4.27. The molecule has 1 amide bonds. The highest BCUT2D eigenvalue weighted by atomic mass is 32.2. The summed E-state index contributed by atoms with van der Waals surface area (Å²) in [5.41, 5.74) is 6.71. The summed E-state index contributed by atoms with van der Waals surface area (Å²) in [6, 6.07) is 4.74. The van der Waals surface area contributed by atoms with Crippen molar-refractivity contribution in [2.45, 2.75) is 4.90 Å². The van der Waals surface area contributed by atoms with E-state index in [-0.39, 0.29) is 23.0 Å². The smallest absolute Gasteiger partial charge is 0.239 e. The highest BCUT2D eigenvalue weighted by molar-refractivity contribution is 7.90. The SMILES string of the molecule is CS(=O)(=O)c1ccc(N2CCNC(=O)C2)cc1N. The van der Waals surface area contributed by atoms with Crippen LogP contribution in [-0.2, 0) is 14.6 Å². The number of amides is 1. The van der Waals surface area contributed by atoms with Gasteiger partial charge in [0.2, 0.25) is 5.91 Å². The van der Waals surface area contributed by atoms with Crippen molar-refractivity contribution in [1.29, 1.82) is 0 Å². The number of anilines is 2. The average Bonchev–Trinajstić information content (AvgIpc) is 2.27. The minimum atomic E-state index is -3.31. The highest BCUT2D eigenvalue weighted by Gasteiger charge is 2.18. The number of nitrogens with one attached hydrogen (secondary N) is 1. The summed E-state index contributed by atoms with van der Waals surface area (Å²) in [5.74, 6) is -0.0491. The standard InChI is InChI=1S/C11H15N3O3S/c1-18(16,17)10-3-2-8(6-9(10)12)14-5-4-13-11(15)7-14/h2-3,6H,4-5,7,12H2,1H3,(H,13,15). The third-order valence-electron chi connectivity index (χ3n) is 2.80. The van der Waals surface area contributed by atoms with Gasteiger partial charge in [-0.1, -0.05) is 0 Å². The molecule has 1 aliphatic heterocycles. The van der Waals surface area contributed by atoms with Gasteiger partial charge < -0.3 is 16.0 Å². The van der Waals surface area contributed by atoms with Gasteiger partial charge in [0.1, 0.15) is 0 Å². The van der Waals surface area contributed by atoms with Crippen LogP contribution in [0, 0.1) is 0 Å². The summed E-state index contributed by atoms with van der Waals surface area (Å²) < 4.78 is 22.9. The van der Waals surface area contributed by atoms with Crippen LogP contribution >= 0.6 is 0 Å². The lowest BCUT2D eigenvalue weighted by Gasteiger charge is -2.29. The molecule has 18 heavy (non-hydrogen) atoms. The maximum absolute atomic E-state index is 11.4. The first-order valence-corrected chi connectivity index (χ1v) is 7.38. The predicted octanol–water partition coefficient (Wildman–Crippen LogP) is -0.391. The zero-order chi connectivity index (χ0) is 13.3. The fourth-order valence-electron chi connectivity index (χ4n) is 1.93.